The van der Waals surface area contributed by atoms with Crippen molar-refractivity contribution in [1.82, 2.24) is 14.6 Å². The third kappa shape index (κ3) is 4.51. The number of hydrogen-bond acceptors (Lipinski definition) is 5. The van der Waals surface area contributed by atoms with Gasteiger partial charge in [-0.2, -0.15) is 4.31 Å². The molecule has 10 heteroatoms. The number of sulfonamides is 1. The average molecular weight is 505 g/mol. The molecule has 0 spiro atoms. The maximum atomic E-state index is 13.0. The van der Waals surface area contributed by atoms with Crippen LogP contribution in [0.5, 0.6) is 0 Å². The van der Waals surface area contributed by atoms with E-state index in [1.165, 1.54) is 9.31 Å². The number of hydrazine groups is 1. The van der Waals surface area contributed by atoms with Gasteiger partial charge in [-0.3, -0.25) is 15.0 Å². The van der Waals surface area contributed by atoms with Gasteiger partial charge in [-0.05, 0) is 42.5 Å². The summed E-state index contributed by atoms with van der Waals surface area (Å²) in [6, 6.07) is 15.5. The molecular weight excluding hydrogens is 484 g/mol. The van der Waals surface area contributed by atoms with Crippen LogP contribution in [-0.2, 0) is 19.6 Å². The van der Waals surface area contributed by atoms with E-state index in [2.05, 4.69) is 21.4 Å². The second-order valence-corrected chi connectivity index (χ2v) is 10.0. The van der Waals surface area contributed by atoms with Crippen molar-refractivity contribution in [2.75, 3.05) is 31.2 Å². The maximum absolute atomic E-state index is 13.0. The number of benzene rings is 2. The number of halogens is 1. The number of rotatable bonds is 4. The first kappa shape index (κ1) is 21.5. The van der Waals surface area contributed by atoms with Crippen LogP contribution in [0, 0.1) is 0 Å². The van der Waals surface area contributed by atoms with Crippen molar-refractivity contribution in [2.45, 2.75) is 11.3 Å². The topological polar surface area (TPSA) is 90.0 Å². The van der Waals surface area contributed by atoms with Crippen LogP contribution in [0.25, 0.3) is 0 Å². The van der Waals surface area contributed by atoms with Crippen molar-refractivity contribution in [3.8, 4) is 0 Å². The van der Waals surface area contributed by atoms with Crippen LogP contribution in [0.4, 0.5) is 5.69 Å². The highest BCUT2D eigenvalue weighted by Gasteiger charge is 2.32. The van der Waals surface area contributed by atoms with Gasteiger partial charge in [0, 0.05) is 37.1 Å². The molecule has 1 saturated heterocycles. The van der Waals surface area contributed by atoms with E-state index in [-0.39, 0.29) is 49.3 Å². The molecule has 1 fully saturated rings. The lowest BCUT2D eigenvalue weighted by Crippen LogP contribution is -2.54. The summed E-state index contributed by atoms with van der Waals surface area (Å²) < 4.78 is 27.9. The van der Waals surface area contributed by atoms with Gasteiger partial charge in [-0.25, -0.2) is 13.4 Å². The first-order chi connectivity index (χ1) is 14.9. The summed E-state index contributed by atoms with van der Waals surface area (Å²) in [5, 5.41) is 1.36. The van der Waals surface area contributed by atoms with Crippen LogP contribution in [0.2, 0.25) is 0 Å². The second-order valence-electron chi connectivity index (χ2n) is 7.15. The number of carbonyl (C=O) groups is 2. The third-order valence-electron chi connectivity index (χ3n) is 5.18. The third-order valence-corrected chi connectivity index (χ3v) is 7.63. The van der Waals surface area contributed by atoms with Gasteiger partial charge in [0.15, 0.2) is 0 Å². The highest BCUT2D eigenvalue weighted by molar-refractivity contribution is 9.10. The summed E-state index contributed by atoms with van der Waals surface area (Å²) in [7, 11) is -3.61. The maximum Gasteiger partial charge on any atom is 0.271 e. The van der Waals surface area contributed by atoms with Crippen molar-refractivity contribution in [2.24, 2.45) is 0 Å². The molecule has 162 valence electrons. The Labute approximate surface area is 189 Å². The molecule has 8 nitrogen and oxygen atoms in total. The lowest BCUT2D eigenvalue weighted by atomic mass is 10.2. The SMILES string of the molecule is O=C(C1=CCC(=O)N(c2ccccc2)N1)N1CCN(S(=O)(=O)c2ccc(Br)cc2)CC1. The summed E-state index contributed by atoms with van der Waals surface area (Å²) in [6.07, 6.45) is 1.69. The van der Waals surface area contributed by atoms with Crippen molar-refractivity contribution < 1.29 is 18.0 Å². The van der Waals surface area contributed by atoms with Gasteiger partial charge in [0.05, 0.1) is 10.6 Å². The Kier molecular flexibility index (Phi) is 6.12. The minimum atomic E-state index is -3.61. The predicted molar refractivity (Wildman–Crippen MR) is 119 cm³/mol. The van der Waals surface area contributed by atoms with E-state index >= 15 is 0 Å². The number of nitrogens with zero attached hydrogens (tertiary/aromatic N) is 3. The fourth-order valence-corrected chi connectivity index (χ4v) is 5.17. The summed E-state index contributed by atoms with van der Waals surface area (Å²) in [5.74, 6) is -0.415. The molecule has 1 N–H and O–H groups in total. The molecule has 4 rings (SSSR count). The summed E-state index contributed by atoms with van der Waals surface area (Å²) in [5.41, 5.74) is 3.87. The lowest BCUT2D eigenvalue weighted by molar-refractivity contribution is -0.129. The fourth-order valence-electron chi connectivity index (χ4n) is 3.49. The molecule has 2 aliphatic heterocycles. The number of anilines is 1. The van der Waals surface area contributed by atoms with Gasteiger partial charge in [0.1, 0.15) is 5.70 Å². The van der Waals surface area contributed by atoms with E-state index in [1.807, 2.05) is 18.2 Å². The zero-order valence-corrected chi connectivity index (χ0v) is 19.0. The Morgan fingerprint density at radius 1 is 0.935 bits per heavy atom. The minimum Gasteiger partial charge on any atom is -0.335 e. The molecular formula is C21H21BrN4O4S. The quantitative estimate of drug-likeness (QED) is 0.688. The minimum absolute atomic E-state index is 0.112. The van der Waals surface area contributed by atoms with Gasteiger partial charge < -0.3 is 4.90 Å². The molecule has 31 heavy (non-hydrogen) atoms. The van der Waals surface area contributed by atoms with Crippen molar-refractivity contribution in [3.63, 3.8) is 0 Å². The number of amides is 2. The number of para-hydroxylation sites is 1. The lowest BCUT2D eigenvalue weighted by Gasteiger charge is -2.36. The van der Waals surface area contributed by atoms with E-state index in [0.29, 0.717) is 11.4 Å². The first-order valence-electron chi connectivity index (χ1n) is 9.76. The molecule has 0 unspecified atom stereocenters. The van der Waals surface area contributed by atoms with Gasteiger partial charge >= 0.3 is 0 Å². The molecule has 2 aromatic rings. The number of nitrogens with one attached hydrogen (secondary N) is 1. The zero-order chi connectivity index (χ0) is 22.0. The summed E-state index contributed by atoms with van der Waals surface area (Å²) >= 11 is 3.30. The monoisotopic (exact) mass is 504 g/mol. The molecule has 0 saturated carbocycles. The van der Waals surface area contributed by atoms with Crippen molar-refractivity contribution in [3.05, 3.63) is 70.8 Å². The van der Waals surface area contributed by atoms with Gasteiger partial charge in [-0.1, -0.05) is 34.1 Å². The van der Waals surface area contributed by atoms with Crippen LogP contribution >= 0.6 is 15.9 Å². The summed E-state index contributed by atoms with van der Waals surface area (Å²) in [4.78, 5) is 27.1. The number of piperazine rings is 1. The Balaban J connectivity index is 1.41. The molecule has 0 radical (unpaired) electrons. The highest BCUT2D eigenvalue weighted by Crippen LogP contribution is 2.22. The van der Waals surface area contributed by atoms with Crippen LogP contribution in [0.15, 0.2) is 75.7 Å². The van der Waals surface area contributed by atoms with E-state index in [4.69, 9.17) is 0 Å². The average Bonchev–Trinajstić information content (AvgIpc) is 2.80. The Bertz CT molecular complexity index is 1110. The van der Waals surface area contributed by atoms with Gasteiger partial charge in [-0.15, -0.1) is 0 Å². The van der Waals surface area contributed by atoms with Gasteiger partial charge in [0.25, 0.3) is 5.91 Å². The van der Waals surface area contributed by atoms with Crippen LogP contribution in [0.3, 0.4) is 0 Å². The second kappa shape index (κ2) is 8.81. The molecule has 2 amide bonds. The zero-order valence-electron chi connectivity index (χ0n) is 16.6. The van der Waals surface area contributed by atoms with Crippen LogP contribution in [0.1, 0.15) is 6.42 Å². The van der Waals surface area contributed by atoms with Crippen molar-refractivity contribution in [1.29, 1.82) is 0 Å². The molecule has 0 aromatic heterocycles. The smallest absolute Gasteiger partial charge is 0.271 e. The summed E-state index contributed by atoms with van der Waals surface area (Å²) in [6.45, 7) is 0.956. The Hall–Kier alpha value is -2.69. The first-order valence-corrected chi connectivity index (χ1v) is 12.0. The normalized spacial score (nSPS) is 17.8. The van der Waals surface area contributed by atoms with E-state index in [9.17, 15) is 18.0 Å². The predicted octanol–water partition coefficient (Wildman–Crippen LogP) is 2.11. The molecule has 2 aliphatic rings. The largest absolute Gasteiger partial charge is 0.335 e. The molecule has 0 atom stereocenters. The molecule has 0 aliphatic carbocycles. The van der Waals surface area contributed by atoms with Crippen LogP contribution in [-0.4, -0.2) is 55.6 Å². The van der Waals surface area contributed by atoms with E-state index < -0.39 is 10.0 Å². The van der Waals surface area contributed by atoms with Gasteiger partial charge in [0.2, 0.25) is 15.9 Å². The Morgan fingerprint density at radius 2 is 1.58 bits per heavy atom. The number of hydrogen-bond donors (Lipinski definition) is 1. The molecule has 0 bridgehead atoms. The van der Waals surface area contributed by atoms with E-state index in [1.54, 1.807) is 47.4 Å². The Morgan fingerprint density at radius 3 is 2.23 bits per heavy atom. The molecule has 2 heterocycles. The fraction of sp³-hybridized carbons (Fsp3) is 0.238. The van der Waals surface area contributed by atoms with Crippen molar-refractivity contribution >= 4 is 43.5 Å². The highest BCUT2D eigenvalue weighted by atomic mass is 79.9. The number of carbonyl (C=O) groups excluding carboxylic acids is 2. The molecule has 2 aromatic carbocycles. The van der Waals surface area contributed by atoms with E-state index in [0.717, 1.165) is 4.47 Å². The standard InChI is InChI=1S/C21H21BrN4O4S/c22-16-6-8-18(9-7-16)31(29,30)25-14-12-24(13-15-25)21(28)19-10-11-20(27)26(23-19)17-4-2-1-3-5-17/h1-10,23H,11-15H2. The van der Waals surface area contributed by atoms with Crippen LogP contribution < -0.4 is 10.4 Å².